The summed E-state index contributed by atoms with van der Waals surface area (Å²) in [5.41, 5.74) is 6.78. The van der Waals surface area contributed by atoms with Crippen LogP contribution >= 0.6 is 11.8 Å². The van der Waals surface area contributed by atoms with Crippen LogP contribution in [0.25, 0.3) is 11.3 Å². The maximum absolute atomic E-state index is 14.8. The molecule has 0 bridgehead atoms. The lowest BCUT2D eigenvalue weighted by atomic mass is 9.78. The SMILES string of the molecule is C[C@H]1OC[C@]2(c3cc(-c4cccc(=O)[nH]4)ccc3F)N=C(N)SC[C@H]12. The molecule has 0 spiro atoms. The van der Waals surface area contributed by atoms with Gasteiger partial charge in [0, 0.05) is 29.0 Å². The van der Waals surface area contributed by atoms with Crippen LogP contribution in [0.3, 0.4) is 0 Å². The summed E-state index contributed by atoms with van der Waals surface area (Å²) in [6, 6.07) is 9.72. The smallest absolute Gasteiger partial charge is 0.248 e. The molecule has 2 aliphatic rings. The minimum absolute atomic E-state index is 0.0241. The van der Waals surface area contributed by atoms with Crippen molar-refractivity contribution in [2.45, 2.75) is 18.6 Å². The van der Waals surface area contributed by atoms with Crippen molar-refractivity contribution in [3.63, 3.8) is 0 Å². The van der Waals surface area contributed by atoms with E-state index in [1.54, 1.807) is 24.3 Å². The number of benzene rings is 1. The fourth-order valence-corrected chi connectivity index (χ4v) is 4.77. The molecule has 2 aliphatic heterocycles. The molecule has 1 aromatic carbocycles. The van der Waals surface area contributed by atoms with E-state index in [-0.39, 0.29) is 23.4 Å². The van der Waals surface area contributed by atoms with E-state index < -0.39 is 5.54 Å². The molecule has 3 heterocycles. The van der Waals surface area contributed by atoms with Crippen LogP contribution in [0.15, 0.2) is 46.2 Å². The van der Waals surface area contributed by atoms with Crippen molar-refractivity contribution in [1.29, 1.82) is 0 Å². The number of fused-ring (bicyclic) bond motifs is 1. The summed E-state index contributed by atoms with van der Waals surface area (Å²) in [7, 11) is 0. The van der Waals surface area contributed by atoms with E-state index in [0.29, 0.717) is 23.0 Å². The van der Waals surface area contributed by atoms with E-state index in [1.165, 1.54) is 23.9 Å². The first-order chi connectivity index (χ1) is 12.0. The van der Waals surface area contributed by atoms with Crippen molar-refractivity contribution in [2.24, 2.45) is 16.6 Å². The standard InChI is InChI=1S/C18H18FN3O2S/c1-10-13-8-25-17(20)22-18(13,9-24-10)12-7-11(5-6-14(12)19)15-3-2-4-16(23)21-15/h2-7,10,13H,8-9H2,1H3,(H2,20,22)(H,21,23)/t10-,13-,18-/m1/s1. The van der Waals surface area contributed by atoms with Gasteiger partial charge in [-0.05, 0) is 36.8 Å². The molecule has 0 saturated carbocycles. The first kappa shape index (κ1) is 16.4. The molecule has 0 amide bonds. The number of pyridine rings is 1. The maximum Gasteiger partial charge on any atom is 0.248 e. The number of nitrogens with one attached hydrogen (secondary N) is 1. The van der Waals surface area contributed by atoms with E-state index >= 15 is 0 Å². The average Bonchev–Trinajstić information content (AvgIpc) is 2.92. The normalized spacial score (nSPS) is 28.5. The molecule has 1 saturated heterocycles. The Hall–Kier alpha value is -2.12. The Kier molecular flexibility index (Phi) is 3.92. The number of nitrogens with zero attached hydrogens (tertiary/aromatic N) is 1. The first-order valence-corrected chi connectivity index (χ1v) is 9.07. The third kappa shape index (κ3) is 2.67. The van der Waals surface area contributed by atoms with Gasteiger partial charge in [0.2, 0.25) is 5.56 Å². The van der Waals surface area contributed by atoms with Gasteiger partial charge in [-0.15, -0.1) is 0 Å². The number of H-pyrrole nitrogens is 1. The first-order valence-electron chi connectivity index (χ1n) is 8.09. The third-order valence-corrected chi connectivity index (χ3v) is 5.89. The average molecular weight is 359 g/mol. The Labute approximate surface area is 148 Å². The fourth-order valence-electron chi connectivity index (χ4n) is 3.64. The van der Waals surface area contributed by atoms with Crippen molar-refractivity contribution in [3.05, 3.63) is 58.1 Å². The molecule has 4 rings (SSSR count). The molecule has 25 heavy (non-hydrogen) atoms. The molecule has 1 fully saturated rings. The van der Waals surface area contributed by atoms with Crippen LogP contribution in [-0.2, 0) is 10.3 Å². The lowest BCUT2D eigenvalue weighted by Gasteiger charge is -2.35. The summed E-state index contributed by atoms with van der Waals surface area (Å²) in [5.74, 6) is 0.444. The van der Waals surface area contributed by atoms with Gasteiger partial charge < -0.3 is 15.5 Å². The number of halogens is 1. The van der Waals surface area contributed by atoms with Gasteiger partial charge in [-0.2, -0.15) is 0 Å². The van der Waals surface area contributed by atoms with Crippen LogP contribution in [0.1, 0.15) is 12.5 Å². The second-order valence-corrected chi connectivity index (χ2v) is 7.47. The summed E-state index contributed by atoms with van der Waals surface area (Å²) in [4.78, 5) is 19.0. The predicted octanol–water partition coefficient (Wildman–Crippen LogP) is 2.47. The number of aliphatic imine (C=N–C) groups is 1. The van der Waals surface area contributed by atoms with E-state index in [0.717, 1.165) is 11.3 Å². The summed E-state index contributed by atoms with van der Waals surface area (Å²) < 4.78 is 20.6. The van der Waals surface area contributed by atoms with Crippen molar-refractivity contribution in [2.75, 3.05) is 12.4 Å². The zero-order valence-corrected chi connectivity index (χ0v) is 14.5. The van der Waals surface area contributed by atoms with Crippen molar-refractivity contribution in [1.82, 2.24) is 4.98 Å². The van der Waals surface area contributed by atoms with Gasteiger partial charge >= 0.3 is 0 Å². The quantitative estimate of drug-likeness (QED) is 0.863. The van der Waals surface area contributed by atoms with Gasteiger partial charge in [0.15, 0.2) is 5.17 Å². The van der Waals surface area contributed by atoms with E-state index in [1.807, 2.05) is 6.92 Å². The zero-order chi connectivity index (χ0) is 17.6. The number of hydrogen-bond donors (Lipinski definition) is 2. The van der Waals surface area contributed by atoms with Gasteiger partial charge in [0.1, 0.15) is 11.4 Å². The van der Waals surface area contributed by atoms with Crippen molar-refractivity contribution >= 4 is 16.9 Å². The monoisotopic (exact) mass is 359 g/mol. The van der Waals surface area contributed by atoms with Crippen molar-refractivity contribution in [3.8, 4) is 11.3 Å². The molecular weight excluding hydrogens is 341 g/mol. The lowest BCUT2D eigenvalue weighted by molar-refractivity contribution is 0.107. The van der Waals surface area contributed by atoms with E-state index in [2.05, 4.69) is 9.98 Å². The number of nitrogens with two attached hydrogens (primary N) is 1. The topological polar surface area (TPSA) is 80.5 Å². The molecule has 0 unspecified atom stereocenters. The highest BCUT2D eigenvalue weighted by Crippen LogP contribution is 2.48. The Balaban J connectivity index is 1.88. The summed E-state index contributed by atoms with van der Waals surface area (Å²) in [6.45, 7) is 2.28. The summed E-state index contributed by atoms with van der Waals surface area (Å²) in [5, 5.41) is 0.451. The number of thioether (sulfide) groups is 1. The highest BCUT2D eigenvalue weighted by Gasteiger charge is 2.52. The second-order valence-electron chi connectivity index (χ2n) is 6.43. The van der Waals surface area contributed by atoms with Crippen LogP contribution in [0.5, 0.6) is 0 Å². The number of ether oxygens (including phenoxy) is 1. The Bertz CT molecular complexity index is 913. The molecule has 0 aliphatic carbocycles. The zero-order valence-electron chi connectivity index (χ0n) is 13.7. The molecule has 1 aromatic heterocycles. The van der Waals surface area contributed by atoms with Crippen LogP contribution in [0, 0.1) is 11.7 Å². The third-order valence-electron chi connectivity index (χ3n) is 4.98. The Morgan fingerprint density at radius 1 is 1.40 bits per heavy atom. The number of rotatable bonds is 2. The number of aromatic nitrogens is 1. The minimum atomic E-state index is -0.816. The van der Waals surface area contributed by atoms with Gasteiger partial charge in [0.05, 0.1) is 12.7 Å². The van der Waals surface area contributed by atoms with Crippen molar-refractivity contribution < 1.29 is 9.13 Å². The fraction of sp³-hybridized carbons (Fsp3) is 0.333. The highest BCUT2D eigenvalue weighted by atomic mass is 32.2. The number of aromatic amines is 1. The van der Waals surface area contributed by atoms with Gasteiger partial charge in [-0.25, -0.2) is 9.38 Å². The van der Waals surface area contributed by atoms with Gasteiger partial charge in [0.25, 0.3) is 0 Å². The minimum Gasteiger partial charge on any atom is -0.379 e. The Morgan fingerprint density at radius 3 is 3.04 bits per heavy atom. The Morgan fingerprint density at radius 2 is 2.24 bits per heavy atom. The summed E-state index contributed by atoms with van der Waals surface area (Å²) >= 11 is 1.48. The largest absolute Gasteiger partial charge is 0.379 e. The molecule has 3 N–H and O–H groups in total. The van der Waals surface area contributed by atoms with Crippen LogP contribution < -0.4 is 11.3 Å². The van der Waals surface area contributed by atoms with Gasteiger partial charge in [-0.3, -0.25) is 4.79 Å². The molecule has 0 radical (unpaired) electrons. The maximum atomic E-state index is 14.8. The second kappa shape index (κ2) is 6.00. The van der Waals surface area contributed by atoms with E-state index in [4.69, 9.17) is 10.5 Å². The lowest BCUT2D eigenvalue weighted by Crippen LogP contribution is -2.41. The van der Waals surface area contributed by atoms with Crippen LogP contribution in [0.2, 0.25) is 0 Å². The molecule has 3 atom stereocenters. The highest BCUT2D eigenvalue weighted by molar-refractivity contribution is 8.13. The number of amidine groups is 1. The van der Waals surface area contributed by atoms with E-state index in [9.17, 15) is 9.18 Å². The van der Waals surface area contributed by atoms with Crippen LogP contribution in [-0.4, -0.2) is 28.6 Å². The molecule has 2 aromatic rings. The predicted molar refractivity (Wildman–Crippen MR) is 97.1 cm³/mol. The molecule has 5 nitrogen and oxygen atoms in total. The molecular formula is C18H18FN3O2S. The van der Waals surface area contributed by atoms with Gasteiger partial charge in [-0.1, -0.05) is 17.8 Å². The van der Waals surface area contributed by atoms with Crippen LogP contribution in [0.4, 0.5) is 4.39 Å². The molecule has 7 heteroatoms. The molecule has 130 valence electrons. The summed E-state index contributed by atoms with van der Waals surface area (Å²) in [6.07, 6.45) is -0.0241. The number of hydrogen-bond acceptors (Lipinski definition) is 5.